The molecule has 0 unspecified atom stereocenters. The van der Waals surface area contributed by atoms with E-state index in [2.05, 4.69) is 5.16 Å². The highest BCUT2D eigenvalue weighted by Gasteiger charge is 2.47. The van der Waals surface area contributed by atoms with Crippen LogP contribution in [0.15, 0.2) is 28.0 Å². The van der Waals surface area contributed by atoms with Crippen LogP contribution < -0.4 is 0 Å². The first-order valence-electron chi connectivity index (χ1n) is 6.52. The minimum Gasteiger partial charge on any atom is -0.457 e. The Morgan fingerprint density at radius 3 is 2.40 bits per heavy atom. The molecule has 0 radical (unpaired) electrons. The maximum Gasteiger partial charge on any atom is 0.393 e. The van der Waals surface area contributed by atoms with Crippen LogP contribution in [-0.4, -0.2) is 33.0 Å². The molecular weight excluding hydrogens is 260 g/mol. The third-order valence-corrected chi connectivity index (χ3v) is 3.41. The van der Waals surface area contributed by atoms with E-state index in [9.17, 15) is 4.79 Å². The Bertz CT molecular complexity index is 497. The number of hydrogen-bond acceptors (Lipinski definition) is 6. The van der Waals surface area contributed by atoms with Gasteiger partial charge in [-0.1, -0.05) is 5.16 Å². The minimum atomic E-state index is -0.527. The second kappa shape index (κ2) is 4.94. The van der Waals surface area contributed by atoms with Crippen LogP contribution in [0, 0.1) is 0 Å². The maximum atomic E-state index is 12.1. The van der Waals surface area contributed by atoms with Crippen molar-refractivity contribution in [3.05, 3.63) is 24.2 Å². The Morgan fingerprint density at radius 2 is 1.95 bits per heavy atom. The molecule has 0 aliphatic carbocycles. The molecule has 1 fully saturated rings. The largest absolute Gasteiger partial charge is 0.457 e. The van der Waals surface area contributed by atoms with Crippen molar-refractivity contribution in [2.45, 2.75) is 51.6 Å². The molecule has 0 atom stereocenters. The zero-order chi connectivity index (χ0) is 15.0. The van der Waals surface area contributed by atoms with Gasteiger partial charge in [-0.2, -0.15) is 0 Å². The fourth-order valence-electron chi connectivity index (χ4n) is 2.86. The molecule has 110 valence electrons. The average molecular weight is 280 g/mol. The molecule has 0 saturated carbocycles. The van der Waals surface area contributed by atoms with Crippen molar-refractivity contribution >= 4 is 11.7 Å². The van der Waals surface area contributed by atoms with Crippen LogP contribution in [0.4, 0.5) is 0 Å². The number of carbonyl (C=O) groups is 1. The summed E-state index contributed by atoms with van der Waals surface area (Å²) in [5.41, 5.74) is -0.234. The van der Waals surface area contributed by atoms with Crippen molar-refractivity contribution in [1.82, 2.24) is 5.06 Å². The molecule has 0 amide bonds. The van der Waals surface area contributed by atoms with Crippen molar-refractivity contribution < 1.29 is 19.3 Å². The van der Waals surface area contributed by atoms with Gasteiger partial charge in [0.2, 0.25) is 5.76 Å². The number of nitrogens with zero attached hydrogens (tertiary/aromatic N) is 2. The van der Waals surface area contributed by atoms with Gasteiger partial charge in [0.05, 0.1) is 23.1 Å². The van der Waals surface area contributed by atoms with Gasteiger partial charge in [-0.15, -0.1) is 5.06 Å². The summed E-state index contributed by atoms with van der Waals surface area (Å²) in [6.45, 7) is 7.76. The second-order valence-electron chi connectivity index (χ2n) is 6.30. The van der Waals surface area contributed by atoms with Crippen LogP contribution in [-0.2, 0) is 4.84 Å². The molecule has 1 N–H and O–H groups in total. The standard InChI is InChI=1S/C14H20N2O4/c1-13(2)8-10(15-18)9-14(3,4)16(13)20-12(17)11-6-5-7-19-11/h5-7,18H,8-9H2,1-4H3. The first-order valence-corrected chi connectivity index (χ1v) is 6.52. The topological polar surface area (TPSA) is 75.3 Å². The number of furan rings is 1. The van der Waals surface area contributed by atoms with E-state index in [4.69, 9.17) is 14.5 Å². The highest BCUT2D eigenvalue weighted by Crippen LogP contribution is 2.37. The fraction of sp³-hybridized carbons (Fsp3) is 0.571. The lowest BCUT2D eigenvalue weighted by molar-refractivity contribution is -0.227. The predicted molar refractivity (Wildman–Crippen MR) is 72.6 cm³/mol. The Hall–Kier alpha value is -1.82. The normalized spacial score (nSPS) is 21.5. The van der Waals surface area contributed by atoms with Crippen LogP contribution in [0.3, 0.4) is 0 Å². The summed E-state index contributed by atoms with van der Waals surface area (Å²) in [5.74, 6) is -0.362. The average Bonchev–Trinajstić information content (AvgIpc) is 2.86. The number of carbonyl (C=O) groups excluding carboxylic acids is 1. The quantitative estimate of drug-likeness (QED) is 0.666. The summed E-state index contributed by atoms with van der Waals surface area (Å²) >= 11 is 0. The van der Waals surface area contributed by atoms with Gasteiger partial charge in [-0.3, -0.25) is 0 Å². The Morgan fingerprint density at radius 1 is 1.35 bits per heavy atom. The Labute approximate surface area is 118 Å². The third-order valence-electron chi connectivity index (χ3n) is 3.41. The van der Waals surface area contributed by atoms with Gasteiger partial charge < -0.3 is 14.5 Å². The zero-order valence-corrected chi connectivity index (χ0v) is 12.2. The molecule has 2 heterocycles. The van der Waals surface area contributed by atoms with Gasteiger partial charge in [0.25, 0.3) is 0 Å². The summed E-state index contributed by atoms with van der Waals surface area (Å²) in [6.07, 6.45) is 2.48. The highest BCUT2D eigenvalue weighted by molar-refractivity contribution is 5.88. The van der Waals surface area contributed by atoms with Gasteiger partial charge in [0.15, 0.2) is 0 Å². The van der Waals surface area contributed by atoms with Crippen LogP contribution in [0.25, 0.3) is 0 Å². The number of rotatable bonds is 2. The monoisotopic (exact) mass is 280 g/mol. The Kier molecular flexibility index (Phi) is 3.60. The van der Waals surface area contributed by atoms with E-state index in [-0.39, 0.29) is 5.76 Å². The van der Waals surface area contributed by atoms with Crippen molar-refractivity contribution in [3.63, 3.8) is 0 Å². The number of hydrogen-bond donors (Lipinski definition) is 1. The fourth-order valence-corrected chi connectivity index (χ4v) is 2.86. The summed E-state index contributed by atoms with van der Waals surface area (Å²) in [7, 11) is 0. The van der Waals surface area contributed by atoms with Gasteiger partial charge in [0.1, 0.15) is 0 Å². The van der Waals surface area contributed by atoms with E-state index >= 15 is 0 Å². The van der Waals surface area contributed by atoms with Gasteiger partial charge in [-0.05, 0) is 39.8 Å². The summed E-state index contributed by atoms with van der Waals surface area (Å²) in [4.78, 5) is 17.6. The lowest BCUT2D eigenvalue weighted by Gasteiger charge is -2.50. The molecule has 0 aromatic carbocycles. The van der Waals surface area contributed by atoms with E-state index in [1.165, 1.54) is 6.26 Å². The van der Waals surface area contributed by atoms with Crippen LogP contribution in [0.1, 0.15) is 51.1 Å². The van der Waals surface area contributed by atoms with Crippen LogP contribution in [0.5, 0.6) is 0 Å². The summed E-state index contributed by atoms with van der Waals surface area (Å²) in [5, 5.41) is 14.0. The summed E-state index contributed by atoms with van der Waals surface area (Å²) < 4.78 is 5.05. The van der Waals surface area contributed by atoms with Gasteiger partial charge in [-0.25, -0.2) is 4.79 Å². The molecule has 0 spiro atoms. The minimum absolute atomic E-state index is 0.165. The smallest absolute Gasteiger partial charge is 0.393 e. The van der Waals surface area contributed by atoms with Crippen LogP contribution in [0.2, 0.25) is 0 Å². The lowest BCUT2D eigenvalue weighted by atomic mass is 9.81. The lowest BCUT2D eigenvalue weighted by Crippen LogP contribution is -2.61. The molecule has 1 aliphatic heterocycles. The number of hydroxylamine groups is 2. The third kappa shape index (κ3) is 2.70. The SMILES string of the molecule is CC1(C)CC(=NO)CC(C)(C)N1OC(=O)c1ccco1. The van der Waals surface area contributed by atoms with E-state index in [0.717, 1.165) is 0 Å². The number of oxime groups is 1. The van der Waals surface area contributed by atoms with Crippen molar-refractivity contribution in [1.29, 1.82) is 0 Å². The van der Waals surface area contributed by atoms with Crippen molar-refractivity contribution in [2.24, 2.45) is 5.16 Å². The predicted octanol–water partition coefficient (Wildman–Crippen LogP) is 2.83. The molecule has 0 bridgehead atoms. The molecule has 1 saturated heterocycles. The van der Waals surface area contributed by atoms with Crippen molar-refractivity contribution in [2.75, 3.05) is 0 Å². The van der Waals surface area contributed by atoms with Gasteiger partial charge in [0, 0.05) is 12.8 Å². The second-order valence-corrected chi connectivity index (χ2v) is 6.30. The highest BCUT2D eigenvalue weighted by atomic mass is 16.7. The first kappa shape index (κ1) is 14.6. The Balaban J connectivity index is 2.23. The zero-order valence-electron chi connectivity index (χ0n) is 12.2. The summed E-state index contributed by atoms with van der Waals surface area (Å²) in [6, 6.07) is 3.20. The van der Waals surface area contributed by atoms with Crippen LogP contribution >= 0.6 is 0 Å². The molecule has 1 aliphatic rings. The molecule has 1 aromatic heterocycles. The van der Waals surface area contributed by atoms with E-state index in [1.807, 2.05) is 27.7 Å². The molecule has 6 nitrogen and oxygen atoms in total. The molecule has 1 aromatic rings. The molecular formula is C14H20N2O4. The van der Waals surface area contributed by atoms with E-state index in [1.54, 1.807) is 17.2 Å². The molecule has 6 heteroatoms. The van der Waals surface area contributed by atoms with Gasteiger partial charge >= 0.3 is 5.97 Å². The van der Waals surface area contributed by atoms with E-state index < -0.39 is 17.0 Å². The first-order chi connectivity index (χ1) is 9.26. The molecule has 2 rings (SSSR count). The van der Waals surface area contributed by atoms with Crippen molar-refractivity contribution in [3.8, 4) is 0 Å². The van der Waals surface area contributed by atoms with E-state index in [0.29, 0.717) is 18.6 Å². The number of piperidine rings is 1. The molecule has 20 heavy (non-hydrogen) atoms. The maximum absolute atomic E-state index is 12.1.